The second-order valence-electron chi connectivity index (χ2n) is 5.71. The third kappa shape index (κ3) is 3.24. The Morgan fingerprint density at radius 2 is 2.05 bits per heavy atom. The highest BCUT2D eigenvalue weighted by Crippen LogP contribution is 2.29. The van der Waals surface area contributed by atoms with Gasteiger partial charge in [0.15, 0.2) is 5.82 Å². The molecule has 1 aromatic carbocycles. The lowest BCUT2D eigenvalue weighted by Crippen LogP contribution is -2.10. The van der Waals surface area contributed by atoms with Crippen LogP contribution in [0.25, 0.3) is 11.5 Å². The van der Waals surface area contributed by atoms with Gasteiger partial charge in [-0.15, -0.1) is 0 Å². The summed E-state index contributed by atoms with van der Waals surface area (Å²) in [5.41, 5.74) is 7.33. The predicted octanol–water partition coefficient (Wildman–Crippen LogP) is 2.92. The van der Waals surface area contributed by atoms with Crippen LogP contribution >= 0.6 is 0 Å². The van der Waals surface area contributed by atoms with Crippen LogP contribution in [-0.4, -0.2) is 17.3 Å². The van der Waals surface area contributed by atoms with Crippen molar-refractivity contribution >= 4 is 5.69 Å². The van der Waals surface area contributed by atoms with Crippen LogP contribution in [0, 0.1) is 5.41 Å². The Morgan fingerprint density at radius 3 is 2.68 bits per heavy atom. The number of benzene rings is 1. The molecule has 2 rings (SSSR count). The number of nitrogen functional groups attached to an aromatic ring is 1. The third-order valence-corrected chi connectivity index (χ3v) is 2.65. The normalized spacial score (nSPS) is 11.6. The van der Waals surface area contributed by atoms with Crippen molar-refractivity contribution in [1.29, 1.82) is 0 Å². The molecule has 0 aliphatic carbocycles. The Morgan fingerprint density at radius 1 is 1.32 bits per heavy atom. The molecule has 0 aliphatic heterocycles. The summed E-state index contributed by atoms with van der Waals surface area (Å²) in [5, 5.41) is 3.99. The van der Waals surface area contributed by atoms with Crippen LogP contribution in [0.15, 0.2) is 22.7 Å². The molecule has 1 heterocycles. The van der Waals surface area contributed by atoms with Crippen molar-refractivity contribution in [2.75, 3.05) is 12.8 Å². The smallest absolute Gasteiger partial charge is 0.260 e. The molecule has 5 nitrogen and oxygen atoms in total. The number of anilines is 1. The molecule has 0 unspecified atom stereocenters. The first kappa shape index (κ1) is 13.4. The van der Waals surface area contributed by atoms with Gasteiger partial charge in [0.1, 0.15) is 5.75 Å². The first-order valence-corrected chi connectivity index (χ1v) is 6.15. The summed E-state index contributed by atoms with van der Waals surface area (Å²) in [6.45, 7) is 6.38. The highest BCUT2D eigenvalue weighted by Gasteiger charge is 2.18. The minimum Gasteiger partial charge on any atom is -0.497 e. The Hall–Kier alpha value is -2.04. The number of nitrogens with two attached hydrogens (primary N) is 1. The van der Waals surface area contributed by atoms with Crippen LogP contribution in [-0.2, 0) is 6.42 Å². The molecule has 0 amide bonds. The Kier molecular flexibility index (Phi) is 3.46. The van der Waals surface area contributed by atoms with Gasteiger partial charge in [-0.05, 0) is 23.6 Å². The van der Waals surface area contributed by atoms with E-state index < -0.39 is 0 Å². The van der Waals surface area contributed by atoms with Gasteiger partial charge in [-0.2, -0.15) is 4.98 Å². The highest BCUT2D eigenvalue weighted by atomic mass is 16.5. The summed E-state index contributed by atoms with van der Waals surface area (Å²) in [7, 11) is 1.61. The molecule has 2 N–H and O–H groups in total. The predicted molar refractivity (Wildman–Crippen MR) is 73.9 cm³/mol. The van der Waals surface area contributed by atoms with Gasteiger partial charge in [-0.1, -0.05) is 25.9 Å². The summed E-state index contributed by atoms with van der Waals surface area (Å²) in [4.78, 5) is 4.39. The number of rotatable bonds is 3. The average Bonchev–Trinajstić information content (AvgIpc) is 2.75. The van der Waals surface area contributed by atoms with Crippen LogP contribution in [0.3, 0.4) is 0 Å². The van der Waals surface area contributed by atoms with E-state index in [-0.39, 0.29) is 5.41 Å². The van der Waals surface area contributed by atoms with Gasteiger partial charge in [-0.25, -0.2) is 0 Å². The van der Waals surface area contributed by atoms with Crippen LogP contribution in [0.5, 0.6) is 5.75 Å². The van der Waals surface area contributed by atoms with E-state index in [1.54, 1.807) is 25.3 Å². The minimum atomic E-state index is 0.112. The summed E-state index contributed by atoms with van der Waals surface area (Å²) >= 11 is 0. The quantitative estimate of drug-likeness (QED) is 0.860. The van der Waals surface area contributed by atoms with Crippen LogP contribution in [0.1, 0.15) is 26.6 Å². The van der Waals surface area contributed by atoms with E-state index in [0.29, 0.717) is 28.7 Å². The maximum absolute atomic E-state index is 5.93. The lowest BCUT2D eigenvalue weighted by Gasteiger charge is -2.14. The number of hydrogen-bond acceptors (Lipinski definition) is 5. The summed E-state index contributed by atoms with van der Waals surface area (Å²) in [6, 6.07) is 5.36. The minimum absolute atomic E-state index is 0.112. The van der Waals surface area contributed by atoms with E-state index in [0.717, 1.165) is 6.42 Å². The number of aromatic nitrogens is 2. The Balaban J connectivity index is 2.32. The van der Waals surface area contributed by atoms with Gasteiger partial charge in [0.05, 0.1) is 12.7 Å². The second kappa shape index (κ2) is 4.91. The van der Waals surface area contributed by atoms with E-state index >= 15 is 0 Å². The second-order valence-corrected chi connectivity index (χ2v) is 5.71. The molecule has 1 aromatic heterocycles. The first-order valence-electron chi connectivity index (χ1n) is 6.15. The zero-order chi connectivity index (χ0) is 14.0. The molecule has 2 aromatic rings. The zero-order valence-electron chi connectivity index (χ0n) is 11.7. The van der Waals surface area contributed by atoms with Gasteiger partial charge in [0.25, 0.3) is 5.89 Å². The highest BCUT2D eigenvalue weighted by molar-refractivity contribution is 5.72. The van der Waals surface area contributed by atoms with E-state index in [4.69, 9.17) is 15.0 Å². The van der Waals surface area contributed by atoms with Crippen molar-refractivity contribution in [1.82, 2.24) is 10.1 Å². The Labute approximate surface area is 112 Å². The number of nitrogens with zero attached hydrogens (tertiary/aromatic N) is 2. The molecule has 19 heavy (non-hydrogen) atoms. The van der Waals surface area contributed by atoms with Crippen molar-refractivity contribution in [2.24, 2.45) is 5.41 Å². The van der Waals surface area contributed by atoms with Crippen molar-refractivity contribution in [3.8, 4) is 17.2 Å². The van der Waals surface area contributed by atoms with E-state index in [2.05, 4.69) is 30.9 Å². The van der Waals surface area contributed by atoms with Crippen LogP contribution < -0.4 is 10.5 Å². The average molecular weight is 261 g/mol. The fourth-order valence-corrected chi connectivity index (χ4v) is 1.76. The van der Waals surface area contributed by atoms with Crippen molar-refractivity contribution in [3.05, 3.63) is 24.0 Å². The lowest BCUT2D eigenvalue weighted by molar-refractivity contribution is 0.374. The standard InChI is InChI=1S/C14H19N3O2/c1-14(2,3)8-12-16-13(19-17-12)10-7-9(18-4)5-6-11(10)15/h5-7H,8,15H2,1-4H3. The molecule has 0 saturated carbocycles. The first-order chi connectivity index (χ1) is 8.89. The SMILES string of the molecule is COc1ccc(N)c(-c2nc(CC(C)(C)C)no2)c1. The van der Waals surface area contributed by atoms with Crippen molar-refractivity contribution in [3.63, 3.8) is 0 Å². The van der Waals surface area contributed by atoms with E-state index in [1.165, 1.54) is 0 Å². The molecule has 0 saturated heterocycles. The number of ether oxygens (including phenoxy) is 1. The Bertz CT molecular complexity index is 570. The van der Waals surface area contributed by atoms with Crippen LogP contribution in [0.2, 0.25) is 0 Å². The van der Waals surface area contributed by atoms with Crippen molar-refractivity contribution in [2.45, 2.75) is 27.2 Å². The summed E-state index contributed by atoms with van der Waals surface area (Å²) in [5.74, 6) is 1.82. The molecule has 0 radical (unpaired) electrons. The number of hydrogen-bond donors (Lipinski definition) is 1. The fraction of sp³-hybridized carbons (Fsp3) is 0.429. The topological polar surface area (TPSA) is 74.2 Å². The maximum atomic E-state index is 5.93. The molecular formula is C14H19N3O2. The molecule has 0 aliphatic rings. The third-order valence-electron chi connectivity index (χ3n) is 2.65. The molecule has 0 fully saturated rings. The summed E-state index contributed by atoms with van der Waals surface area (Å²) in [6.07, 6.45) is 0.750. The largest absolute Gasteiger partial charge is 0.497 e. The summed E-state index contributed by atoms with van der Waals surface area (Å²) < 4.78 is 10.5. The van der Waals surface area contributed by atoms with E-state index in [9.17, 15) is 0 Å². The lowest BCUT2D eigenvalue weighted by atomic mass is 9.92. The van der Waals surface area contributed by atoms with Gasteiger partial charge in [-0.3, -0.25) is 0 Å². The number of methoxy groups -OCH3 is 1. The van der Waals surface area contributed by atoms with Gasteiger partial charge in [0, 0.05) is 12.1 Å². The zero-order valence-corrected chi connectivity index (χ0v) is 11.7. The van der Waals surface area contributed by atoms with Crippen LogP contribution in [0.4, 0.5) is 5.69 Å². The molecule has 102 valence electrons. The molecule has 0 atom stereocenters. The molecular weight excluding hydrogens is 242 g/mol. The maximum Gasteiger partial charge on any atom is 0.260 e. The molecule has 5 heteroatoms. The fourth-order valence-electron chi connectivity index (χ4n) is 1.76. The molecule has 0 bridgehead atoms. The van der Waals surface area contributed by atoms with Gasteiger partial charge >= 0.3 is 0 Å². The van der Waals surface area contributed by atoms with Crippen molar-refractivity contribution < 1.29 is 9.26 Å². The monoisotopic (exact) mass is 261 g/mol. The van der Waals surface area contributed by atoms with E-state index in [1.807, 2.05) is 0 Å². The van der Waals surface area contributed by atoms with Gasteiger partial charge < -0.3 is 15.0 Å². The van der Waals surface area contributed by atoms with Gasteiger partial charge in [0.2, 0.25) is 0 Å². The molecule has 0 spiro atoms.